The van der Waals surface area contributed by atoms with Crippen molar-refractivity contribution >= 4 is 56.8 Å². The quantitative estimate of drug-likeness (QED) is 0.569. The maximum absolute atomic E-state index is 12.2. The normalized spacial score (nSPS) is 11.7. The maximum atomic E-state index is 12.2. The first-order chi connectivity index (χ1) is 12.9. The first-order valence-corrected chi connectivity index (χ1v) is 10.5. The van der Waals surface area contributed by atoms with Gasteiger partial charge in [-0.3, -0.25) is 14.4 Å². The second-order valence-electron chi connectivity index (χ2n) is 5.48. The molecular weight excluding hydrogens is 406 g/mol. The SMILES string of the molecule is CC(OC(=O)Cc1csc(-c2ccsc2)n1)C(=O)Nc1sccc1C(N)=O. The lowest BCUT2D eigenvalue weighted by Gasteiger charge is -2.13. The summed E-state index contributed by atoms with van der Waals surface area (Å²) >= 11 is 4.19. The number of anilines is 1. The summed E-state index contributed by atoms with van der Waals surface area (Å²) in [6.07, 6.45) is -1.04. The van der Waals surface area contributed by atoms with Crippen molar-refractivity contribution in [2.24, 2.45) is 5.73 Å². The summed E-state index contributed by atoms with van der Waals surface area (Å²) in [6.45, 7) is 1.46. The number of carbonyl (C=O) groups excluding carboxylic acids is 3. The lowest BCUT2D eigenvalue weighted by molar-refractivity contribution is -0.152. The zero-order valence-electron chi connectivity index (χ0n) is 14.1. The molecule has 3 N–H and O–H groups in total. The van der Waals surface area contributed by atoms with E-state index in [0.717, 1.165) is 10.6 Å². The number of amides is 2. The number of thiazole rings is 1. The van der Waals surface area contributed by atoms with Crippen LogP contribution in [0.2, 0.25) is 0 Å². The van der Waals surface area contributed by atoms with E-state index >= 15 is 0 Å². The summed E-state index contributed by atoms with van der Waals surface area (Å²) < 4.78 is 5.17. The van der Waals surface area contributed by atoms with E-state index in [1.54, 1.807) is 22.1 Å². The van der Waals surface area contributed by atoms with Gasteiger partial charge in [0.15, 0.2) is 6.10 Å². The van der Waals surface area contributed by atoms with Crippen LogP contribution in [0.4, 0.5) is 5.00 Å². The van der Waals surface area contributed by atoms with Gasteiger partial charge in [-0.15, -0.1) is 22.7 Å². The molecule has 7 nitrogen and oxygen atoms in total. The number of nitrogens with zero attached hydrogens (tertiary/aromatic N) is 1. The highest BCUT2D eigenvalue weighted by molar-refractivity contribution is 7.15. The van der Waals surface area contributed by atoms with Crippen molar-refractivity contribution in [1.29, 1.82) is 0 Å². The minimum atomic E-state index is -1.02. The van der Waals surface area contributed by atoms with E-state index < -0.39 is 23.9 Å². The van der Waals surface area contributed by atoms with Gasteiger partial charge in [0.25, 0.3) is 11.8 Å². The molecule has 0 radical (unpaired) electrons. The van der Waals surface area contributed by atoms with Crippen molar-refractivity contribution in [2.45, 2.75) is 19.4 Å². The topological polar surface area (TPSA) is 111 Å². The summed E-state index contributed by atoms with van der Waals surface area (Å²) in [4.78, 5) is 40.0. The van der Waals surface area contributed by atoms with Gasteiger partial charge in [-0.05, 0) is 29.8 Å². The number of esters is 1. The molecule has 0 aliphatic carbocycles. The Morgan fingerprint density at radius 2 is 2.04 bits per heavy atom. The molecule has 0 aromatic carbocycles. The third-order valence-corrected chi connectivity index (χ3v) is 5.94. The van der Waals surface area contributed by atoms with Crippen LogP contribution < -0.4 is 11.1 Å². The summed E-state index contributed by atoms with van der Waals surface area (Å²) in [7, 11) is 0. The number of nitrogens with one attached hydrogen (secondary N) is 1. The number of ether oxygens (including phenoxy) is 1. The fraction of sp³-hybridized carbons (Fsp3) is 0.176. The average molecular weight is 422 g/mol. The van der Waals surface area contributed by atoms with Crippen LogP contribution in [-0.2, 0) is 20.7 Å². The zero-order valence-corrected chi connectivity index (χ0v) is 16.6. The van der Waals surface area contributed by atoms with Crippen molar-refractivity contribution in [3.05, 3.63) is 44.9 Å². The van der Waals surface area contributed by atoms with Crippen molar-refractivity contribution in [1.82, 2.24) is 4.98 Å². The van der Waals surface area contributed by atoms with Crippen LogP contribution in [0.15, 0.2) is 33.7 Å². The minimum absolute atomic E-state index is 0.0240. The Bertz CT molecular complexity index is 962. The molecule has 1 unspecified atom stereocenters. The number of hydrogen-bond acceptors (Lipinski definition) is 8. The van der Waals surface area contributed by atoms with Crippen LogP contribution in [0.5, 0.6) is 0 Å². The first kappa shape index (κ1) is 19.2. The Morgan fingerprint density at radius 3 is 2.74 bits per heavy atom. The second-order valence-corrected chi connectivity index (χ2v) is 8.04. The number of aromatic nitrogens is 1. The summed E-state index contributed by atoms with van der Waals surface area (Å²) in [6, 6.07) is 3.48. The number of rotatable bonds is 7. The Kier molecular flexibility index (Phi) is 5.99. The van der Waals surface area contributed by atoms with Crippen LogP contribution >= 0.6 is 34.0 Å². The number of primary amides is 1. The molecule has 10 heteroatoms. The van der Waals surface area contributed by atoms with Crippen molar-refractivity contribution < 1.29 is 19.1 Å². The van der Waals surface area contributed by atoms with Gasteiger partial charge in [0.2, 0.25) is 0 Å². The van der Waals surface area contributed by atoms with Crippen molar-refractivity contribution in [3.63, 3.8) is 0 Å². The van der Waals surface area contributed by atoms with E-state index in [1.807, 2.05) is 16.8 Å². The Hall–Kier alpha value is -2.56. The monoisotopic (exact) mass is 421 g/mol. The van der Waals surface area contributed by atoms with Gasteiger partial charge in [0.1, 0.15) is 10.0 Å². The number of nitrogens with two attached hydrogens (primary N) is 1. The number of thiophene rings is 2. The molecule has 3 heterocycles. The van der Waals surface area contributed by atoms with Crippen LogP contribution in [-0.4, -0.2) is 28.9 Å². The molecule has 0 saturated carbocycles. The highest BCUT2D eigenvalue weighted by atomic mass is 32.1. The van der Waals surface area contributed by atoms with Gasteiger partial charge >= 0.3 is 5.97 Å². The second kappa shape index (κ2) is 8.42. The standard InChI is InChI=1S/C17H15N3O4S3/c1-9(15(23)20-17-12(14(18)22)3-5-26-17)24-13(21)6-11-8-27-16(19-11)10-2-4-25-7-10/h2-5,7-9H,6H2,1H3,(H2,18,22)(H,20,23). The fourth-order valence-electron chi connectivity index (χ4n) is 2.16. The van der Waals surface area contributed by atoms with Gasteiger partial charge in [0.05, 0.1) is 17.7 Å². The molecule has 27 heavy (non-hydrogen) atoms. The number of hydrogen-bond donors (Lipinski definition) is 2. The minimum Gasteiger partial charge on any atom is -0.452 e. The Morgan fingerprint density at radius 1 is 1.22 bits per heavy atom. The van der Waals surface area contributed by atoms with E-state index in [0.29, 0.717) is 10.7 Å². The van der Waals surface area contributed by atoms with Gasteiger partial charge in [-0.25, -0.2) is 4.98 Å². The molecule has 0 aliphatic heterocycles. The third kappa shape index (κ3) is 4.79. The molecule has 3 aromatic heterocycles. The lowest BCUT2D eigenvalue weighted by atomic mass is 10.3. The molecule has 0 fully saturated rings. The van der Waals surface area contributed by atoms with E-state index in [4.69, 9.17) is 10.5 Å². The van der Waals surface area contributed by atoms with Crippen LogP contribution in [0.3, 0.4) is 0 Å². The molecule has 3 rings (SSSR count). The highest BCUT2D eigenvalue weighted by Gasteiger charge is 2.21. The summed E-state index contributed by atoms with van der Waals surface area (Å²) in [5.41, 5.74) is 7.06. The highest BCUT2D eigenvalue weighted by Crippen LogP contribution is 2.26. The molecule has 0 saturated heterocycles. The molecule has 3 aromatic rings. The maximum Gasteiger partial charge on any atom is 0.312 e. The lowest BCUT2D eigenvalue weighted by Crippen LogP contribution is -2.31. The number of carbonyl (C=O) groups is 3. The van der Waals surface area contributed by atoms with E-state index in [9.17, 15) is 14.4 Å². The van der Waals surface area contributed by atoms with Gasteiger partial charge in [-0.1, -0.05) is 0 Å². The van der Waals surface area contributed by atoms with Gasteiger partial charge < -0.3 is 15.8 Å². The van der Waals surface area contributed by atoms with Crippen LogP contribution in [0.1, 0.15) is 23.0 Å². The average Bonchev–Trinajstić information content (AvgIpc) is 3.35. The molecule has 140 valence electrons. The molecule has 0 spiro atoms. The zero-order chi connectivity index (χ0) is 19.4. The third-order valence-electron chi connectivity index (χ3n) is 3.49. The Balaban J connectivity index is 1.55. The first-order valence-electron chi connectivity index (χ1n) is 7.78. The van der Waals surface area contributed by atoms with E-state index in [-0.39, 0.29) is 12.0 Å². The smallest absolute Gasteiger partial charge is 0.312 e. The van der Waals surface area contributed by atoms with Crippen LogP contribution in [0.25, 0.3) is 10.6 Å². The van der Waals surface area contributed by atoms with Crippen molar-refractivity contribution in [2.75, 3.05) is 5.32 Å². The molecule has 0 aliphatic rings. The van der Waals surface area contributed by atoms with Crippen molar-refractivity contribution in [3.8, 4) is 10.6 Å². The van der Waals surface area contributed by atoms with Gasteiger partial charge in [-0.2, -0.15) is 11.3 Å². The largest absolute Gasteiger partial charge is 0.452 e. The van der Waals surface area contributed by atoms with E-state index in [1.165, 1.54) is 35.7 Å². The molecule has 2 amide bonds. The molecular formula is C17H15N3O4S3. The summed E-state index contributed by atoms with van der Waals surface area (Å²) in [5, 5.41) is 11.1. The van der Waals surface area contributed by atoms with E-state index in [2.05, 4.69) is 10.3 Å². The van der Waals surface area contributed by atoms with Gasteiger partial charge in [0, 0.05) is 16.3 Å². The summed E-state index contributed by atoms with van der Waals surface area (Å²) in [5.74, 6) is -1.73. The predicted molar refractivity (Wildman–Crippen MR) is 106 cm³/mol. The predicted octanol–water partition coefficient (Wildman–Crippen LogP) is 3.14. The Labute approximate surface area is 166 Å². The molecule has 0 bridgehead atoms. The fourth-order valence-corrected chi connectivity index (χ4v) is 4.49. The van der Waals surface area contributed by atoms with Crippen LogP contribution in [0, 0.1) is 0 Å². The molecule has 1 atom stereocenters.